The highest BCUT2D eigenvalue weighted by Gasteiger charge is 2.45. The Labute approximate surface area is 127 Å². The largest absolute Gasteiger partial charge is 0.329 e. The minimum Gasteiger partial charge on any atom is -0.329 e. The second-order valence-electron chi connectivity index (χ2n) is 5.52. The molecule has 2 unspecified atom stereocenters. The average Bonchev–Trinajstić information content (AvgIpc) is 2.47. The molecule has 21 heavy (non-hydrogen) atoms. The van der Waals surface area contributed by atoms with E-state index in [0.29, 0.717) is 13.0 Å². The molecule has 2 atom stereocenters. The lowest BCUT2D eigenvalue weighted by molar-refractivity contribution is -0.147. The summed E-state index contributed by atoms with van der Waals surface area (Å²) in [6.07, 6.45) is 2.46. The molecule has 0 aromatic heterocycles. The van der Waals surface area contributed by atoms with E-state index >= 15 is 0 Å². The predicted molar refractivity (Wildman–Crippen MR) is 77.7 cm³/mol. The van der Waals surface area contributed by atoms with Crippen molar-refractivity contribution in [3.05, 3.63) is 29.0 Å². The van der Waals surface area contributed by atoms with Gasteiger partial charge in [-0.25, -0.2) is 4.39 Å². The Balaban J connectivity index is 2.01. The van der Waals surface area contributed by atoms with Crippen molar-refractivity contribution in [3.8, 4) is 0 Å². The van der Waals surface area contributed by atoms with E-state index in [1.807, 2.05) is 0 Å². The van der Waals surface area contributed by atoms with Crippen LogP contribution in [-0.4, -0.2) is 35.3 Å². The number of halogens is 2. The van der Waals surface area contributed by atoms with Crippen LogP contribution in [0.4, 0.5) is 10.1 Å². The number of anilines is 1. The summed E-state index contributed by atoms with van der Waals surface area (Å²) in [6.45, 7) is 2.25. The molecule has 0 saturated carbocycles. The zero-order valence-electron chi connectivity index (χ0n) is 11.7. The van der Waals surface area contributed by atoms with Crippen LogP contribution in [0.1, 0.15) is 26.2 Å². The van der Waals surface area contributed by atoms with E-state index in [4.69, 9.17) is 11.6 Å². The maximum atomic E-state index is 14.1. The van der Waals surface area contributed by atoms with E-state index < -0.39 is 17.9 Å². The minimum atomic E-state index is -0.692. The van der Waals surface area contributed by atoms with Crippen molar-refractivity contribution in [1.29, 1.82) is 0 Å². The molecule has 112 valence electrons. The van der Waals surface area contributed by atoms with Crippen LogP contribution in [0.15, 0.2) is 18.2 Å². The van der Waals surface area contributed by atoms with Crippen molar-refractivity contribution in [3.63, 3.8) is 0 Å². The molecule has 2 aliphatic rings. The molecule has 6 heteroatoms. The van der Waals surface area contributed by atoms with Crippen molar-refractivity contribution in [2.45, 2.75) is 38.3 Å². The summed E-state index contributed by atoms with van der Waals surface area (Å²) in [5.41, 5.74) is 0.121. The van der Waals surface area contributed by atoms with Gasteiger partial charge in [0.2, 0.25) is 5.91 Å². The van der Waals surface area contributed by atoms with E-state index in [9.17, 15) is 14.0 Å². The van der Waals surface area contributed by atoms with Gasteiger partial charge in [-0.3, -0.25) is 14.5 Å². The summed E-state index contributed by atoms with van der Waals surface area (Å²) >= 11 is 5.75. The van der Waals surface area contributed by atoms with Gasteiger partial charge in [-0.15, -0.1) is 0 Å². The molecule has 0 spiro atoms. The fourth-order valence-corrected chi connectivity index (χ4v) is 3.32. The first-order valence-electron chi connectivity index (χ1n) is 7.09. The molecule has 1 aromatic carbocycles. The van der Waals surface area contributed by atoms with Crippen LogP contribution in [0.2, 0.25) is 5.02 Å². The maximum absolute atomic E-state index is 14.1. The van der Waals surface area contributed by atoms with Gasteiger partial charge >= 0.3 is 0 Å². The lowest BCUT2D eigenvalue weighted by atomic mass is 9.95. The number of carbonyl (C=O) groups excluding carboxylic acids is 2. The number of piperidine rings is 1. The second-order valence-corrected chi connectivity index (χ2v) is 5.96. The standard InChI is InChI=1S/C15H16ClFN2O2/c1-9-14(20)18-7-3-2-4-13(18)15(21)19(9)12-6-5-10(16)8-11(12)17/h5-6,8-9,13H,2-4,7H2,1H3. The van der Waals surface area contributed by atoms with Crippen molar-refractivity contribution in [2.75, 3.05) is 11.4 Å². The van der Waals surface area contributed by atoms with Crippen molar-refractivity contribution in [2.24, 2.45) is 0 Å². The van der Waals surface area contributed by atoms with Crippen molar-refractivity contribution >= 4 is 29.1 Å². The molecule has 4 nitrogen and oxygen atoms in total. The van der Waals surface area contributed by atoms with E-state index in [1.165, 1.54) is 17.0 Å². The van der Waals surface area contributed by atoms with Gasteiger partial charge in [0.15, 0.2) is 0 Å². The molecule has 2 fully saturated rings. The van der Waals surface area contributed by atoms with Crippen LogP contribution in [0.5, 0.6) is 0 Å². The molecule has 3 rings (SSSR count). The minimum absolute atomic E-state index is 0.117. The molecular weight excluding hydrogens is 295 g/mol. The van der Waals surface area contributed by atoms with Crippen molar-refractivity contribution < 1.29 is 14.0 Å². The lowest BCUT2D eigenvalue weighted by Gasteiger charge is -2.46. The summed E-state index contributed by atoms with van der Waals surface area (Å²) in [5, 5.41) is 0.263. The zero-order valence-corrected chi connectivity index (χ0v) is 12.4. The Morgan fingerprint density at radius 1 is 1.24 bits per heavy atom. The Morgan fingerprint density at radius 2 is 2.00 bits per heavy atom. The van der Waals surface area contributed by atoms with E-state index in [0.717, 1.165) is 18.9 Å². The van der Waals surface area contributed by atoms with Crippen LogP contribution in [0, 0.1) is 5.82 Å². The van der Waals surface area contributed by atoms with Crippen LogP contribution in [0.3, 0.4) is 0 Å². The molecule has 2 aliphatic heterocycles. The molecule has 0 N–H and O–H groups in total. The van der Waals surface area contributed by atoms with Crippen LogP contribution >= 0.6 is 11.6 Å². The first-order valence-corrected chi connectivity index (χ1v) is 7.47. The average molecular weight is 311 g/mol. The number of hydrogen-bond acceptors (Lipinski definition) is 2. The van der Waals surface area contributed by atoms with Crippen LogP contribution < -0.4 is 4.90 Å². The summed E-state index contributed by atoms with van der Waals surface area (Å²) < 4.78 is 14.1. The molecular formula is C15H16ClFN2O2. The quantitative estimate of drug-likeness (QED) is 0.800. The van der Waals surface area contributed by atoms with Gasteiger partial charge in [0.05, 0.1) is 5.69 Å². The van der Waals surface area contributed by atoms with Crippen molar-refractivity contribution in [1.82, 2.24) is 4.90 Å². The first kappa shape index (κ1) is 14.3. The predicted octanol–water partition coefficient (Wildman–Crippen LogP) is 2.60. The number of piperazine rings is 1. The number of rotatable bonds is 1. The molecule has 0 bridgehead atoms. The normalized spacial score (nSPS) is 26.0. The number of hydrogen-bond donors (Lipinski definition) is 0. The van der Waals surface area contributed by atoms with Gasteiger partial charge in [-0.2, -0.15) is 0 Å². The molecule has 2 saturated heterocycles. The zero-order chi connectivity index (χ0) is 15.1. The third-order valence-electron chi connectivity index (χ3n) is 4.22. The molecule has 2 heterocycles. The fraction of sp³-hybridized carbons (Fsp3) is 0.467. The lowest BCUT2D eigenvalue weighted by Crippen LogP contribution is -2.65. The van der Waals surface area contributed by atoms with Gasteiger partial charge in [-0.05, 0) is 44.4 Å². The Kier molecular flexibility index (Phi) is 3.61. The SMILES string of the molecule is CC1C(=O)N2CCCCC2C(=O)N1c1ccc(Cl)cc1F. The maximum Gasteiger partial charge on any atom is 0.250 e. The highest BCUT2D eigenvalue weighted by atomic mass is 35.5. The second kappa shape index (κ2) is 5.30. The summed E-state index contributed by atoms with van der Waals surface area (Å²) in [6, 6.07) is 2.99. The summed E-state index contributed by atoms with van der Waals surface area (Å²) in [5.74, 6) is -0.906. The Bertz CT molecular complexity index is 607. The van der Waals surface area contributed by atoms with Crippen LogP contribution in [0.25, 0.3) is 0 Å². The van der Waals surface area contributed by atoms with Gasteiger partial charge in [0.1, 0.15) is 17.9 Å². The monoisotopic (exact) mass is 310 g/mol. The number of benzene rings is 1. The van der Waals surface area contributed by atoms with E-state index in [1.54, 1.807) is 11.8 Å². The van der Waals surface area contributed by atoms with Gasteiger partial charge < -0.3 is 4.90 Å². The summed E-state index contributed by atoms with van der Waals surface area (Å²) in [7, 11) is 0. The van der Waals surface area contributed by atoms with Crippen LogP contribution in [-0.2, 0) is 9.59 Å². The highest BCUT2D eigenvalue weighted by molar-refractivity contribution is 6.30. The Morgan fingerprint density at radius 3 is 2.71 bits per heavy atom. The third kappa shape index (κ3) is 2.29. The first-order chi connectivity index (χ1) is 10.0. The third-order valence-corrected chi connectivity index (χ3v) is 4.46. The number of carbonyl (C=O) groups is 2. The van der Waals surface area contributed by atoms with Gasteiger partial charge in [0, 0.05) is 11.6 Å². The molecule has 2 amide bonds. The molecule has 0 aliphatic carbocycles. The smallest absolute Gasteiger partial charge is 0.250 e. The Hall–Kier alpha value is -1.62. The van der Waals surface area contributed by atoms with Gasteiger partial charge in [-0.1, -0.05) is 11.6 Å². The van der Waals surface area contributed by atoms with Gasteiger partial charge in [0.25, 0.3) is 5.91 Å². The van der Waals surface area contributed by atoms with E-state index in [2.05, 4.69) is 0 Å². The van der Waals surface area contributed by atoms with E-state index in [-0.39, 0.29) is 22.5 Å². The summed E-state index contributed by atoms with van der Waals surface area (Å²) in [4.78, 5) is 28.1. The topological polar surface area (TPSA) is 40.6 Å². The number of nitrogens with zero attached hydrogens (tertiary/aromatic N) is 2. The number of amides is 2. The molecule has 1 aromatic rings. The highest BCUT2D eigenvalue weighted by Crippen LogP contribution is 2.32. The fourth-order valence-electron chi connectivity index (χ4n) is 3.16. The number of fused-ring (bicyclic) bond motifs is 1. The molecule has 0 radical (unpaired) electrons.